The van der Waals surface area contributed by atoms with Crippen molar-refractivity contribution >= 4 is 48.2 Å². The van der Waals surface area contributed by atoms with Crippen molar-refractivity contribution in [2.24, 2.45) is 11.3 Å². The van der Waals surface area contributed by atoms with Crippen LogP contribution >= 0.6 is 15.9 Å². The monoisotopic (exact) mass is 440 g/mol. The van der Waals surface area contributed by atoms with Gasteiger partial charge in [-0.15, -0.1) is 0 Å². The second-order valence-corrected chi connectivity index (χ2v) is 9.40. The molecule has 1 fully saturated rings. The molecular weight excluding hydrogens is 421 g/mol. The van der Waals surface area contributed by atoms with Gasteiger partial charge < -0.3 is 10.3 Å². The van der Waals surface area contributed by atoms with Gasteiger partial charge in [-0.25, -0.2) is 18.6 Å². The Morgan fingerprint density at radius 3 is 2.85 bits per heavy atom. The van der Waals surface area contributed by atoms with Gasteiger partial charge in [-0.05, 0) is 46.5 Å². The van der Waals surface area contributed by atoms with E-state index in [4.69, 9.17) is 9.85 Å². The Morgan fingerprint density at radius 2 is 2.15 bits per heavy atom. The molecule has 9 heteroatoms. The average molecular weight is 441 g/mol. The van der Waals surface area contributed by atoms with Crippen LogP contribution < -0.4 is 5.73 Å². The largest absolute Gasteiger partial charge is 0.383 e. The highest BCUT2D eigenvalue weighted by atomic mass is 79.9. The molecule has 4 rings (SSSR count). The standard InChI is InChI=1S/C17H17BrFN5OS/c1-24-15(18)13(14-16(20)21-9-22-17(14)24)10-4-5-12(11(19)8-10)23-26(25)6-2-3-7-26/h4-5,8-9H,2-3,6-7H2,1H3,(H2,20,21,22)/i1D3. The van der Waals surface area contributed by atoms with Crippen molar-refractivity contribution in [3.8, 4) is 11.1 Å². The lowest BCUT2D eigenvalue weighted by Gasteiger charge is -2.06. The summed E-state index contributed by atoms with van der Waals surface area (Å²) in [5.74, 6) is 0.380. The minimum atomic E-state index is -2.54. The van der Waals surface area contributed by atoms with E-state index in [0.29, 0.717) is 28.0 Å². The number of hydrogen-bond acceptors (Lipinski definition) is 5. The minimum Gasteiger partial charge on any atom is -0.383 e. The van der Waals surface area contributed by atoms with E-state index in [-0.39, 0.29) is 21.8 Å². The predicted molar refractivity (Wildman–Crippen MR) is 105 cm³/mol. The quantitative estimate of drug-likeness (QED) is 0.651. The van der Waals surface area contributed by atoms with Crippen molar-refractivity contribution in [1.29, 1.82) is 0 Å². The first-order chi connectivity index (χ1) is 13.6. The fourth-order valence-electron chi connectivity index (χ4n) is 3.13. The Bertz CT molecular complexity index is 1240. The molecule has 1 saturated heterocycles. The molecular formula is C17H17BrFN5OS. The molecule has 0 atom stereocenters. The Morgan fingerprint density at radius 1 is 1.38 bits per heavy atom. The molecule has 1 aromatic carbocycles. The van der Waals surface area contributed by atoms with Crippen LogP contribution in [0.15, 0.2) is 33.5 Å². The molecule has 0 spiro atoms. The number of aryl methyl sites for hydroxylation is 1. The maximum absolute atomic E-state index is 14.8. The van der Waals surface area contributed by atoms with E-state index in [1.807, 2.05) is 0 Å². The molecule has 0 radical (unpaired) electrons. The topological polar surface area (TPSA) is 86.2 Å². The van der Waals surface area contributed by atoms with Crippen LogP contribution in [0.4, 0.5) is 15.9 Å². The zero-order chi connectivity index (χ0) is 21.0. The normalized spacial score (nSPS) is 18.5. The summed E-state index contributed by atoms with van der Waals surface area (Å²) in [4.78, 5) is 8.01. The van der Waals surface area contributed by atoms with Gasteiger partial charge in [0.2, 0.25) is 0 Å². The van der Waals surface area contributed by atoms with E-state index in [0.717, 1.165) is 17.4 Å². The molecule has 2 N–H and O–H groups in total. The summed E-state index contributed by atoms with van der Waals surface area (Å²) in [7, 11) is -2.41. The minimum absolute atomic E-state index is 0.0283. The highest BCUT2D eigenvalue weighted by molar-refractivity contribution is 9.10. The molecule has 0 unspecified atom stereocenters. The average Bonchev–Trinajstić information content (AvgIpc) is 3.18. The lowest BCUT2D eigenvalue weighted by molar-refractivity contribution is 0.629. The van der Waals surface area contributed by atoms with Crippen LogP contribution in [0, 0.1) is 5.82 Å². The van der Waals surface area contributed by atoms with Crippen LogP contribution in [0.1, 0.15) is 17.0 Å². The SMILES string of the molecule is [2H]C([2H])([2H])n1c(Br)c(-c2ccc(N=S3(=O)CCCC3)c(F)c2)c2c(N)ncnc21. The number of hydrogen-bond donors (Lipinski definition) is 1. The Kier molecular flexibility index (Phi) is 3.42. The molecule has 3 heterocycles. The molecule has 0 saturated carbocycles. The maximum atomic E-state index is 14.8. The number of nitrogen functional groups attached to an aromatic ring is 1. The molecule has 0 aliphatic carbocycles. The highest BCUT2D eigenvalue weighted by Gasteiger charge is 2.21. The Balaban J connectivity index is 1.93. The highest BCUT2D eigenvalue weighted by Crippen LogP contribution is 2.40. The fraction of sp³-hybridized carbons (Fsp3) is 0.294. The van der Waals surface area contributed by atoms with Crippen LogP contribution in [0.2, 0.25) is 0 Å². The van der Waals surface area contributed by atoms with Gasteiger partial charge in [0.25, 0.3) is 0 Å². The molecule has 2 aromatic heterocycles. The number of halogens is 2. The second-order valence-electron chi connectivity index (χ2n) is 6.10. The molecule has 1 aliphatic heterocycles. The van der Waals surface area contributed by atoms with E-state index in [9.17, 15) is 8.60 Å². The van der Waals surface area contributed by atoms with E-state index < -0.39 is 22.5 Å². The zero-order valence-corrected chi connectivity index (χ0v) is 16.0. The summed E-state index contributed by atoms with van der Waals surface area (Å²) in [5, 5.41) is 0.307. The first-order valence-corrected chi connectivity index (χ1v) is 10.6. The molecule has 26 heavy (non-hydrogen) atoms. The van der Waals surface area contributed by atoms with Gasteiger partial charge in [0.15, 0.2) is 0 Å². The van der Waals surface area contributed by atoms with Gasteiger partial charge in [-0.1, -0.05) is 6.07 Å². The first-order valence-electron chi connectivity index (χ1n) is 9.44. The Hall–Kier alpha value is -2.00. The van der Waals surface area contributed by atoms with Crippen molar-refractivity contribution < 1.29 is 12.7 Å². The molecule has 1 aliphatic rings. The van der Waals surface area contributed by atoms with E-state index in [1.165, 1.54) is 18.5 Å². The number of fused-ring (bicyclic) bond motifs is 1. The van der Waals surface area contributed by atoms with Gasteiger partial charge in [-0.2, -0.15) is 4.36 Å². The summed E-state index contributed by atoms with van der Waals surface area (Å²) in [5.41, 5.74) is 6.88. The third-order valence-electron chi connectivity index (χ3n) is 4.40. The number of nitrogens with zero attached hydrogens (tertiary/aromatic N) is 4. The second kappa shape index (κ2) is 6.31. The van der Waals surface area contributed by atoms with Crippen LogP contribution in [0.3, 0.4) is 0 Å². The number of nitrogens with two attached hydrogens (primary N) is 1. The zero-order valence-electron chi connectivity index (χ0n) is 16.6. The third kappa shape index (κ3) is 2.79. The molecule has 136 valence electrons. The summed E-state index contributed by atoms with van der Waals surface area (Å²) in [6.07, 6.45) is 2.82. The fourth-order valence-corrected chi connectivity index (χ4v) is 5.93. The number of benzene rings is 1. The third-order valence-corrected chi connectivity index (χ3v) is 7.53. The van der Waals surface area contributed by atoms with Crippen molar-refractivity contribution in [3.63, 3.8) is 0 Å². The summed E-state index contributed by atoms with van der Waals surface area (Å²) >= 11 is 3.31. The molecule has 6 nitrogen and oxygen atoms in total. The molecule has 3 aromatic rings. The Labute approximate surface area is 163 Å². The van der Waals surface area contributed by atoms with Crippen molar-refractivity contribution in [2.45, 2.75) is 12.8 Å². The van der Waals surface area contributed by atoms with E-state index in [1.54, 1.807) is 6.07 Å². The number of rotatable bonds is 2. The number of anilines is 1. The maximum Gasteiger partial charge on any atom is 0.150 e. The van der Waals surface area contributed by atoms with Gasteiger partial charge in [-0.3, -0.25) is 0 Å². The first kappa shape index (κ1) is 14.1. The predicted octanol–water partition coefficient (Wildman–Crippen LogP) is 4.01. The number of aromatic nitrogens is 3. The van der Waals surface area contributed by atoms with Crippen LogP contribution in [0.25, 0.3) is 22.2 Å². The summed E-state index contributed by atoms with van der Waals surface area (Å²) in [6, 6.07) is 4.27. The van der Waals surface area contributed by atoms with Crippen LogP contribution in [0.5, 0.6) is 0 Å². The molecule has 0 bridgehead atoms. The van der Waals surface area contributed by atoms with Gasteiger partial charge in [0.1, 0.15) is 29.3 Å². The summed E-state index contributed by atoms with van der Waals surface area (Å²) < 4.78 is 56.2. The lowest BCUT2D eigenvalue weighted by atomic mass is 10.1. The van der Waals surface area contributed by atoms with Crippen molar-refractivity contribution in [3.05, 3.63) is 34.9 Å². The van der Waals surface area contributed by atoms with Gasteiger partial charge >= 0.3 is 0 Å². The van der Waals surface area contributed by atoms with Crippen molar-refractivity contribution in [2.75, 3.05) is 17.2 Å². The smallest absolute Gasteiger partial charge is 0.150 e. The lowest BCUT2D eigenvalue weighted by Crippen LogP contribution is -2.00. The van der Waals surface area contributed by atoms with Gasteiger partial charge in [0, 0.05) is 28.2 Å². The van der Waals surface area contributed by atoms with Crippen LogP contribution in [-0.2, 0) is 16.7 Å². The van der Waals surface area contributed by atoms with Crippen molar-refractivity contribution in [1.82, 2.24) is 14.5 Å². The molecule has 0 amide bonds. The summed E-state index contributed by atoms with van der Waals surface area (Å²) in [6.45, 7) is -2.54. The van der Waals surface area contributed by atoms with E-state index in [2.05, 4.69) is 30.3 Å². The van der Waals surface area contributed by atoms with Crippen LogP contribution in [-0.4, -0.2) is 30.2 Å². The van der Waals surface area contributed by atoms with Gasteiger partial charge in [0.05, 0.1) is 19.7 Å². The van der Waals surface area contributed by atoms with E-state index >= 15 is 0 Å².